The molecule has 0 aliphatic carbocycles. The number of rotatable bonds is 6. The molecule has 86 valence electrons. The summed E-state index contributed by atoms with van der Waals surface area (Å²) in [5.41, 5.74) is -0.267. The van der Waals surface area contributed by atoms with Crippen LogP contribution in [0, 0.1) is 5.92 Å². The molecule has 0 rings (SSSR count). The number of carbonyl (C=O) groups is 2. The molecule has 0 aliphatic rings. The van der Waals surface area contributed by atoms with Crippen LogP contribution < -0.4 is 0 Å². The number of aliphatic carboxylic acids is 1. The fourth-order valence-electron chi connectivity index (χ4n) is 0.884. The smallest absolute Gasteiger partial charge is 0.345 e. The van der Waals surface area contributed by atoms with Crippen molar-refractivity contribution >= 4 is 11.9 Å². The summed E-state index contributed by atoms with van der Waals surface area (Å²) in [6.45, 7) is 6.01. The highest BCUT2D eigenvalue weighted by Gasteiger charge is 2.18. The van der Waals surface area contributed by atoms with Crippen molar-refractivity contribution in [3.8, 4) is 0 Å². The van der Waals surface area contributed by atoms with Crippen LogP contribution in [0.2, 0.25) is 0 Å². The van der Waals surface area contributed by atoms with Gasteiger partial charge < -0.3 is 9.84 Å². The third-order valence-electron chi connectivity index (χ3n) is 1.68. The maximum absolute atomic E-state index is 11.3. The zero-order valence-electron chi connectivity index (χ0n) is 9.45. The number of ether oxygens (including phenoxy) is 1. The maximum atomic E-state index is 11.3. The number of hydrogen-bond acceptors (Lipinski definition) is 3. The number of carboxylic acid groups (broad SMARTS) is 1. The lowest BCUT2D eigenvalue weighted by Gasteiger charge is -2.04. The van der Waals surface area contributed by atoms with Gasteiger partial charge in [0.25, 0.3) is 0 Å². The van der Waals surface area contributed by atoms with E-state index in [0.717, 1.165) is 0 Å². The highest BCUT2D eigenvalue weighted by molar-refractivity contribution is 6.13. The molecule has 0 atom stereocenters. The van der Waals surface area contributed by atoms with E-state index < -0.39 is 11.9 Å². The minimum atomic E-state index is -1.23. The summed E-state index contributed by atoms with van der Waals surface area (Å²) in [6, 6.07) is 0. The van der Waals surface area contributed by atoms with E-state index in [1.165, 1.54) is 6.08 Å². The molecule has 0 aromatic heterocycles. The van der Waals surface area contributed by atoms with Crippen molar-refractivity contribution < 1.29 is 19.4 Å². The highest BCUT2D eigenvalue weighted by atomic mass is 16.5. The van der Waals surface area contributed by atoms with E-state index >= 15 is 0 Å². The quantitative estimate of drug-likeness (QED) is 0.318. The summed E-state index contributed by atoms with van der Waals surface area (Å²) in [5.74, 6) is -1.65. The molecule has 0 saturated heterocycles. The molecule has 0 unspecified atom stereocenters. The standard InChI is InChI=1S/C11H18O4/c1-4-7-15-11(14)9(10(12)13)6-5-8(2)3/h6,8H,4-5,7H2,1-3H3,(H,12,13). The molecule has 0 aromatic carbocycles. The van der Waals surface area contributed by atoms with Crippen molar-refractivity contribution in [1.82, 2.24) is 0 Å². The van der Waals surface area contributed by atoms with E-state index in [4.69, 9.17) is 9.84 Å². The van der Waals surface area contributed by atoms with Gasteiger partial charge >= 0.3 is 11.9 Å². The molecule has 0 aromatic rings. The second kappa shape index (κ2) is 7.04. The van der Waals surface area contributed by atoms with Gasteiger partial charge in [0.05, 0.1) is 6.61 Å². The fourth-order valence-corrected chi connectivity index (χ4v) is 0.884. The summed E-state index contributed by atoms with van der Waals surface area (Å²) in [4.78, 5) is 22.0. The summed E-state index contributed by atoms with van der Waals surface area (Å²) in [7, 11) is 0. The molecular weight excluding hydrogens is 196 g/mol. The largest absolute Gasteiger partial charge is 0.477 e. The van der Waals surface area contributed by atoms with Crippen molar-refractivity contribution in [2.75, 3.05) is 6.61 Å². The van der Waals surface area contributed by atoms with Crippen molar-refractivity contribution in [2.45, 2.75) is 33.6 Å². The van der Waals surface area contributed by atoms with Gasteiger partial charge in [0.15, 0.2) is 0 Å². The third kappa shape index (κ3) is 5.88. The molecule has 0 heterocycles. The van der Waals surface area contributed by atoms with Crippen LogP contribution in [0.1, 0.15) is 33.6 Å². The predicted octanol–water partition coefficient (Wildman–Crippen LogP) is 2.00. The lowest BCUT2D eigenvalue weighted by molar-refractivity contribution is -0.144. The Morgan fingerprint density at radius 3 is 2.40 bits per heavy atom. The molecule has 0 amide bonds. The number of carbonyl (C=O) groups excluding carboxylic acids is 1. The Morgan fingerprint density at radius 1 is 1.40 bits per heavy atom. The van der Waals surface area contributed by atoms with Crippen molar-refractivity contribution in [2.24, 2.45) is 5.92 Å². The number of carboxylic acids is 1. The maximum Gasteiger partial charge on any atom is 0.345 e. The molecular formula is C11H18O4. The van der Waals surface area contributed by atoms with Crippen LogP contribution in [0.25, 0.3) is 0 Å². The van der Waals surface area contributed by atoms with E-state index in [2.05, 4.69) is 0 Å². The zero-order chi connectivity index (χ0) is 11.8. The van der Waals surface area contributed by atoms with Crippen LogP contribution in [-0.2, 0) is 14.3 Å². The Kier molecular flexibility index (Phi) is 6.42. The monoisotopic (exact) mass is 214 g/mol. The van der Waals surface area contributed by atoms with Gasteiger partial charge in [-0.3, -0.25) is 0 Å². The average Bonchev–Trinajstić information content (AvgIpc) is 2.13. The Bertz CT molecular complexity index is 253. The van der Waals surface area contributed by atoms with E-state index in [1.54, 1.807) is 0 Å². The lowest BCUT2D eigenvalue weighted by atomic mass is 10.1. The van der Waals surface area contributed by atoms with E-state index in [-0.39, 0.29) is 12.2 Å². The van der Waals surface area contributed by atoms with Crippen molar-refractivity contribution in [3.63, 3.8) is 0 Å². The van der Waals surface area contributed by atoms with Gasteiger partial charge in [-0.25, -0.2) is 9.59 Å². The third-order valence-corrected chi connectivity index (χ3v) is 1.68. The van der Waals surface area contributed by atoms with Gasteiger partial charge in [-0.2, -0.15) is 0 Å². The Hall–Kier alpha value is -1.32. The van der Waals surface area contributed by atoms with Crippen LogP contribution in [0.5, 0.6) is 0 Å². The normalized spacial score (nSPS) is 11.6. The summed E-state index contributed by atoms with van der Waals surface area (Å²) in [6.07, 6.45) is 2.66. The predicted molar refractivity (Wildman–Crippen MR) is 56.4 cm³/mol. The first-order valence-electron chi connectivity index (χ1n) is 5.09. The Morgan fingerprint density at radius 2 is 2.00 bits per heavy atom. The molecule has 4 nitrogen and oxygen atoms in total. The zero-order valence-corrected chi connectivity index (χ0v) is 9.45. The topological polar surface area (TPSA) is 63.6 Å². The van der Waals surface area contributed by atoms with E-state index in [9.17, 15) is 9.59 Å². The van der Waals surface area contributed by atoms with Crippen LogP contribution in [0.15, 0.2) is 11.6 Å². The number of allylic oxidation sites excluding steroid dienone is 1. The highest BCUT2D eigenvalue weighted by Crippen LogP contribution is 2.07. The molecule has 0 aliphatic heterocycles. The SMILES string of the molecule is CCCOC(=O)C(=CCC(C)C)C(=O)O. The van der Waals surface area contributed by atoms with Gasteiger partial charge in [-0.05, 0) is 18.8 Å². The molecule has 4 heteroatoms. The molecule has 0 spiro atoms. The van der Waals surface area contributed by atoms with Gasteiger partial charge in [0.1, 0.15) is 5.57 Å². The molecule has 0 radical (unpaired) electrons. The van der Waals surface area contributed by atoms with Gasteiger partial charge in [0, 0.05) is 0 Å². The summed E-state index contributed by atoms with van der Waals surface area (Å²) >= 11 is 0. The van der Waals surface area contributed by atoms with Gasteiger partial charge in [-0.15, -0.1) is 0 Å². The minimum Gasteiger partial charge on any atom is -0.477 e. The number of hydrogen-bond donors (Lipinski definition) is 1. The van der Waals surface area contributed by atoms with Gasteiger partial charge in [-0.1, -0.05) is 26.8 Å². The molecule has 0 saturated carbocycles. The van der Waals surface area contributed by atoms with Crippen molar-refractivity contribution in [1.29, 1.82) is 0 Å². The summed E-state index contributed by atoms with van der Waals surface area (Å²) in [5, 5.41) is 8.79. The lowest BCUT2D eigenvalue weighted by Crippen LogP contribution is -2.16. The first-order chi connectivity index (χ1) is 6.99. The van der Waals surface area contributed by atoms with Gasteiger partial charge in [0.2, 0.25) is 0 Å². The second-order valence-corrected chi connectivity index (χ2v) is 3.69. The second-order valence-electron chi connectivity index (χ2n) is 3.69. The summed E-state index contributed by atoms with van der Waals surface area (Å²) < 4.78 is 4.76. The molecule has 0 bridgehead atoms. The van der Waals surface area contributed by atoms with Crippen LogP contribution in [0.3, 0.4) is 0 Å². The molecule has 0 fully saturated rings. The van der Waals surface area contributed by atoms with Crippen molar-refractivity contribution in [3.05, 3.63) is 11.6 Å². The first-order valence-corrected chi connectivity index (χ1v) is 5.09. The van der Waals surface area contributed by atoms with Crippen LogP contribution in [-0.4, -0.2) is 23.7 Å². The average molecular weight is 214 g/mol. The number of esters is 1. The Balaban J connectivity index is 4.45. The first kappa shape index (κ1) is 13.7. The van der Waals surface area contributed by atoms with E-state index in [0.29, 0.717) is 18.8 Å². The fraction of sp³-hybridized carbons (Fsp3) is 0.636. The van der Waals surface area contributed by atoms with Crippen LogP contribution in [0.4, 0.5) is 0 Å². The molecule has 15 heavy (non-hydrogen) atoms. The Labute approximate surface area is 89.9 Å². The van der Waals surface area contributed by atoms with E-state index in [1.807, 2.05) is 20.8 Å². The minimum absolute atomic E-state index is 0.255. The van der Waals surface area contributed by atoms with Crippen LogP contribution >= 0.6 is 0 Å². The molecule has 1 N–H and O–H groups in total.